The zero-order valence-corrected chi connectivity index (χ0v) is 27.8. The fourth-order valence-corrected chi connectivity index (χ4v) is 5.93. The Morgan fingerprint density at radius 3 is 1.15 bits per heavy atom. The average molecular weight is 559 g/mol. The quantitative estimate of drug-likeness (QED) is 0.206. The summed E-state index contributed by atoms with van der Waals surface area (Å²) in [6, 6.07) is 20.2. The third kappa shape index (κ3) is 8.12. The first-order valence-electron chi connectivity index (χ1n) is 15.2. The highest BCUT2D eigenvalue weighted by Crippen LogP contribution is 2.38. The van der Waals surface area contributed by atoms with Gasteiger partial charge in [0.2, 0.25) is 0 Å². The summed E-state index contributed by atoms with van der Waals surface area (Å²) in [5, 5.41) is 0. The van der Waals surface area contributed by atoms with Crippen molar-refractivity contribution >= 4 is 18.0 Å². The van der Waals surface area contributed by atoms with Crippen LogP contribution in [0.2, 0.25) is 0 Å². The van der Waals surface area contributed by atoms with Crippen molar-refractivity contribution in [3.8, 4) is 11.5 Å². The first kappa shape index (κ1) is 32.2. The molecular formula is C36H51BO2S. The molecule has 0 aliphatic rings. The molecule has 0 N–H and O–H groups in total. The summed E-state index contributed by atoms with van der Waals surface area (Å²) in [6.45, 7) is 26.9. The van der Waals surface area contributed by atoms with Crippen LogP contribution in [-0.4, -0.2) is 6.40 Å². The van der Waals surface area contributed by atoms with Crippen LogP contribution < -0.4 is 9.31 Å². The molecule has 3 aromatic carbocycles. The van der Waals surface area contributed by atoms with Crippen molar-refractivity contribution in [2.75, 3.05) is 0 Å². The van der Waals surface area contributed by atoms with E-state index in [2.05, 4.69) is 138 Å². The van der Waals surface area contributed by atoms with E-state index in [0.29, 0.717) is 35.5 Å². The third-order valence-corrected chi connectivity index (χ3v) is 8.65. The molecule has 0 radical (unpaired) electrons. The first-order chi connectivity index (χ1) is 18.8. The van der Waals surface area contributed by atoms with Crippen molar-refractivity contribution in [3.63, 3.8) is 0 Å². The summed E-state index contributed by atoms with van der Waals surface area (Å²) in [5.41, 5.74) is 7.81. The monoisotopic (exact) mass is 558 g/mol. The van der Waals surface area contributed by atoms with Gasteiger partial charge < -0.3 is 9.31 Å². The largest absolute Gasteiger partial charge is 0.676 e. The molecule has 0 aromatic heterocycles. The molecule has 0 spiro atoms. The predicted octanol–water partition coefficient (Wildman–Crippen LogP) is 11.7. The molecule has 40 heavy (non-hydrogen) atoms. The highest BCUT2D eigenvalue weighted by Gasteiger charge is 2.30. The molecule has 0 fully saturated rings. The van der Waals surface area contributed by atoms with Gasteiger partial charge in [0.05, 0.1) is 0 Å². The maximum atomic E-state index is 6.82. The van der Waals surface area contributed by atoms with Gasteiger partial charge in [-0.2, -0.15) is 0 Å². The molecular weight excluding hydrogens is 507 g/mol. The molecule has 0 aliphatic heterocycles. The summed E-state index contributed by atoms with van der Waals surface area (Å²) in [7, 11) is 0. The van der Waals surface area contributed by atoms with E-state index in [-0.39, 0.29) is 0 Å². The minimum Gasteiger partial charge on any atom is -0.516 e. The van der Waals surface area contributed by atoms with Gasteiger partial charge in [-0.15, -0.1) is 0 Å². The van der Waals surface area contributed by atoms with Gasteiger partial charge in [0.1, 0.15) is 11.5 Å². The van der Waals surface area contributed by atoms with E-state index in [1.165, 1.54) is 38.3 Å². The number of benzene rings is 3. The fourth-order valence-electron chi connectivity index (χ4n) is 4.84. The van der Waals surface area contributed by atoms with Gasteiger partial charge >= 0.3 is 6.40 Å². The first-order valence-corrected chi connectivity index (χ1v) is 16.1. The maximum Gasteiger partial charge on any atom is 0.676 e. The summed E-state index contributed by atoms with van der Waals surface area (Å²) >= 11 is 1.67. The smallest absolute Gasteiger partial charge is 0.516 e. The molecule has 0 bridgehead atoms. The van der Waals surface area contributed by atoms with Crippen molar-refractivity contribution in [2.45, 2.75) is 123 Å². The Bertz CT molecular complexity index is 1100. The fraction of sp³-hybridized carbons (Fsp3) is 0.500. The van der Waals surface area contributed by atoms with Crippen LogP contribution in [-0.2, 0) is 0 Å². The second-order valence-corrected chi connectivity index (χ2v) is 14.0. The number of rotatable bonds is 12. The van der Waals surface area contributed by atoms with Crippen LogP contribution in [0.4, 0.5) is 0 Å². The van der Waals surface area contributed by atoms with E-state index < -0.39 is 6.40 Å². The van der Waals surface area contributed by atoms with Crippen LogP contribution in [0.5, 0.6) is 11.5 Å². The van der Waals surface area contributed by atoms with E-state index in [4.69, 9.17) is 9.31 Å². The van der Waals surface area contributed by atoms with Crippen molar-refractivity contribution < 1.29 is 9.31 Å². The summed E-state index contributed by atoms with van der Waals surface area (Å²) in [4.78, 5) is 1.21. The molecule has 2 nitrogen and oxygen atoms in total. The Hall–Kier alpha value is -2.33. The third-order valence-electron chi connectivity index (χ3n) is 7.64. The molecule has 0 saturated carbocycles. The lowest BCUT2D eigenvalue weighted by molar-refractivity contribution is 0.440. The van der Waals surface area contributed by atoms with Gasteiger partial charge in [0.15, 0.2) is 0 Å². The molecule has 0 aliphatic carbocycles. The maximum absolute atomic E-state index is 6.82. The normalized spacial score (nSPS) is 11.9. The van der Waals surface area contributed by atoms with Crippen LogP contribution in [0.25, 0.3) is 0 Å². The van der Waals surface area contributed by atoms with Crippen LogP contribution in [0.15, 0.2) is 59.5 Å². The standard InChI is InChI=1S/C36H51BO2S/c1-22(2)28-13-16-34(31(19-28)25(7)8)38-37(39-35-17-14-29(23(3)4)20-32(35)26(9)10)40-36-18-15-30(24(5)6)21-33(36)27(11)12/h13-27H,1-12H3. The molecule has 0 amide bonds. The second-order valence-electron chi connectivity index (χ2n) is 13.0. The summed E-state index contributed by atoms with van der Waals surface area (Å²) in [6.07, 6.45) is -0.535. The molecule has 216 valence electrons. The van der Waals surface area contributed by atoms with E-state index in [1.54, 1.807) is 11.6 Å². The van der Waals surface area contributed by atoms with Crippen molar-refractivity contribution in [1.82, 2.24) is 0 Å². The molecule has 3 rings (SSSR count). The zero-order valence-electron chi connectivity index (χ0n) is 27.0. The highest BCUT2D eigenvalue weighted by atomic mass is 32.2. The molecule has 0 unspecified atom stereocenters. The molecule has 4 heteroatoms. The summed E-state index contributed by atoms with van der Waals surface area (Å²) < 4.78 is 13.6. The van der Waals surface area contributed by atoms with Gasteiger partial charge in [-0.3, -0.25) is 0 Å². The minimum atomic E-state index is -0.535. The SMILES string of the molecule is CC(C)c1ccc(OB(Oc2ccc(C(C)C)cc2C(C)C)Sc2ccc(C(C)C)cc2C(C)C)c(C(C)C)c1. The van der Waals surface area contributed by atoms with E-state index >= 15 is 0 Å². The van der Waals surface area contributed by atoms with Crippen LogP contribution >= 0.6 is 11.6 Å². The average Bonchev–Trinajstić information content (AvgIpc) is 2.88. The van der Waals surface area contributed by atoms with Gasteiger partial charge in [-0.05, 0) is 87.1 Å². The Labute approximate surface area is 249 Å². The Balaban J connectivity index is 2.09. The van der Waals surface area contributed by atoms with E-state index in [1.807, 2.05) is 0 Å². The van der Waals surface area contributed by atoms with Crippen molar-refractivity contribution in [2.24, 2.45) is 0 Å². The van der Waals surface area contributed by atoms with Crippen LogP contribution in [0, 0.1) is 0 Å². The number of hydrogen-bond donors (Lipinski definition) is 0. The van der Waals surface area contributed by atoms with Gasteiger partial charge in [0, 0.05) is 4.90 Å². The lowest BCUT2D eigenvalue weighted by Crippen LogP contribution is -2.28. The van der Waals surface area contributed by atoms with Crippen molar-refractivity contribution in [3.05, 3.63) is 88.0 Å². The topological polar surface area (TPSA) is 18.5 Å². The Morgan fingerprint density at radius 1 is 0.450 bits per heavy atom. The molecule has 0 saturated heterocycles. The van der Waals surface area contributed by atoms with Crippen LogP contribution in [0.1, 0.15) is 152 Å². The molecule has 0 heterocycles. The second kappa shape index (κ2) is 14.0. The van der Waals surface area contributed by atoms with E-state index in [9.17, 15) is 0 Å². The Morgan fingerprint density at radius 2 is 0.800 bits per heavy atom. The lowest BCUT2D eigenvalue weighted by atomic mass is 9.94. The Kier molecular flexibility index (Phi) is 11.3. The van der Waals surface area contributed by atoms with Gasteiger partial charge in [-0.25, -0.2) is 0 Å². The van der Waals surface area contributed by atoms with E-state index in [0.717, 1.165) is 11.5 Å². The van der Waals surface area contributed by atoms with Crippen LogP contribution in [0.3, 0.4) is 0 Å². The minimum absolute atomic E-state index is 0.340. The predicted molar refractivity (Wildman–Crippen MR) is 177 cm³/mol. The van der Waals surface area contributed by atoms with Crippen molar-refractivity contribution in [1.29, 1.82) is 0 Å². The molecule has 3 aromatic rings. The zero-order chi connectivity index (χ0) is 29.7. The lowest BCUT2D eigenvalue weighted by Gasteiger charge is -2.24. The highest BCUT2D eigenvalue weighted by molar-refractivity contribution is 8.24. The summed E-state index contributed by atoms with van der Waals surface area (Å²) in [5.74, 6) is 4.29. The molecule has 0 atom stereocenters. The van der Waals surface area contributed by atoms with Gasteiger partial charge in [0.25, 0.3) is 0 Å². The van der Waals surface area contributed by atoms with Gasteiger partial charge in [-0.1, -0.05) is 131 Å². The number of hydrogen-bond acceptors (Lipinski definition) is 3.